The Morgan fingerprint density at radius 1 is 1.18 bits per heavy atom. The fraction of sp³-hybridized carbons (Fsp3) is 0.889. The largest absolute Gasteiger partial charge is 0.313 e. The highest BCUT2D eigenvalue weighted by Gasteiger charge is 2.25. The molecule has 0 atom stereocenters. The average molecular weight is 158 g/mol. The van der Waals surface area contributed by atoms with Crippen molar-refractivity contribution in [2.24, 2.45) is 0 Å². The summed E-state index contributed by atoms with van der Waals surface area (Å²) in [6.07, 6.45) is 1.69. The highest BCUT2D eigenvalue weighted by molar-refractivity contribution is 5.68. The van der Waals surface area contributed by atoms with E-state index in [2.05, 4.69) is 13.8 Å². The van der Waals surface area contributed by atoms with E-state index in [0.29, 0.717) is 10.4 Å². The first-order chi connectivity index (χ1) is 5.10. The highest BCUT2D eigenvalue weighted by atomic mass is 16.2. The minimum absolute atomic E-state index is 0.373. The van der Waals surface area contributed by atoms with Crippen molar-refractivity contribution in [3.05, 3.63) is 0 Å². The Morgan fingerprint density at radius 3 is 1.91 bits per heavy atom. The smallest absolute Gasteiger partial charge is 0.263 e. The number of hydrogen-bond donors (Lipinski definition) is 0. The van der Waals surface area contributed by atoms with Crippen molar-refractivity contribution in [3.63, 3.8) is 0 Å². The molecule has 0 aliphatic rings. The molecule has 0 aliphatic heterocycles. The van der Waals surface area contributed by atoms with Crippen LogP contribution in [0.15, 0.2) is 0 Å². The quantitative estimate of drug-likeness (QED) is 0.570. The Balaban J connectivity index is 4.12. The van der Waals surface area contributed by atoms with Gasteiger partial charge in [-0.2, -0.15) is 0 Å². The van der Waals surface area contributed by atoms with Crippen LogP contribution in [0.5, 0.6) is 0 Å². The SMILES string of the molecule is CCCC(=O)[N+](C)(CC)CC. The Hall–Kier alpha value is -0.370. The van der Waals surface area contributed by atoms with Crippen LogP contribution >= 0.6 is 0 Å². The summed E-state index contributed by atoms with van der Waals surface area (Å²) in [5, 5.41) is 0. The molecule has 0 aliphatic carbocycles. The van der Waals surface area contributed by atoms with Crippen LogP contribution in [0.1, 0.15) is 33.6 Å². The molecule has 66 valence electrons. The van der Waals surface area contributed by atoms with E-state index < -0.39 is 0 Å². The molecule has 1 amide bonds. The molecule has 0 unspecified atom stereocenters. The summed E-state index contributed by atoms with van der Waals surface area (Å²) in [6, 6.07) is 0. The van der Waals surface area contributed by atoms with Gasteiger partial charge in [0.15, 0.2) is 0 Å². The van der Waals surface area contributed by atoms with Crippen molar-refractivity contribution < 1.29 is 9.28 Å². The molecule has 0 saturated carbocycles. The van der Waals surface area contributed by atoms with Crippen LogP contribution in [0.2, 0.25) is 0 Å². The average Bonchev–Trinajstić information content (AvgIpc) is 2.03. The summed E-state index contributed by atoms with van der Waals surface area (Å²) in [5.41, 5.74) is 0. The maximum atomic E-state index is 11.5. The lowest BCUT2D eigenvalue weighted by Crippen LogP contribution is -2.48. The first-order valence-electron chi connectivity index (χ1n) is 4.48. The Bertz CT molecular complexity index is 128. The van der Waals surface area contributed by atoms with E-state index in [-0.39, 0.29) is 0 Å². The maximum absolute atomic E-state index is 11.5. The van der Waals surface area contributed by atoms with Crippen molar-refractivity contribution >= 4 is 5.91 Å². The summed E-state index contributed by atoms with van der Waals surface area (Å²) in [7, 11) is 2.01. The first-order valence-corrected chi connectivity index (χ1v) is 4.48. The van der Waals surface area contributed by atoms with Gasteiger partial charge in [0.1, 0.15) is 0 Å². The van der Waals surface area contributed by atoms with Gasteiger partial charge in [-0.1, -0.05) is 6.92 Å². The lowest BCUT2D eigenvalue weighted by atomic mass is 10.2. The molecule has 2 nitrogen and oxygen atoms in total. The van der Waals surface area contributed by atoms with E-state index in [1.165, 1.54) is 0 Å². The maximum Gasteiger partial charge on any atom is 0.313 e. The molecule has 0 heterocycles. The molecule has 0 aromatic heterocycles. The standard InChI is InChI=1S/C9H20NO/c1-5-8-9(11)10(4,6-2)7-3/h5-8H2,1-4H3/q+1. The zero-order valence-electron chi connectivity index (χ0n) is 8.18. The van der Waals surface area contributed by atoms with Gasteiger partial charge in [-0.05, 0) is 20.3 Å². The van der Waals surface area contributed by atoms with Gasteiger partial charge in [0.05, 0.1) is 26.6 Å². The number of amides is 1. The summed E-state index contributed by atoms with van der Waals surface area (Å²) in [4.78, 5) is 11.5. The third kappa shape index (κ3) is 2.62. The van der Waals surface area contributed by atoms with Crippen LogP contribution in [0.25, 0.3) is 0 Å². The summed E-state index contributed by atoms with van der Waals surface area (Å²) < 4.78 is 0.591. The predicted molar refractivity (Wildman–Crippen MR) is 47.2 cm³/mol. The molecule has 0 aromatic rings. The fourth-order valence-electron chi connectivity index (χ4n) is 1.06. The first kappa shape index (κ1) is 10.6. The molecule has 0 rings (SSSR count). The van der Waals surface area contributed by atoms with Gasteiger partial charge in [-0.15, -0.1) is 0 Å². The molecule has 0 radical (unpaired) electrons. The third-order valence-corrected chi connectivity index (χ3v) is 2.46. The molecule has 0 bridgehead atoms. The lowest BCUT2D eigenvalue weighted by Gasteiger charge is -2.28. The van der Waals surface area contributed by atoms with E-state index in [1.807, 2.05) is 14.0 Å². The molecular formula is C9H20NO+. The van der Waals surface area contributed by atoms with E-state index in [0.717, 1.165) is 25.9 Å². The number of hydrogen-bond acceptors (Lipinski definition) is 1. The van der Waals surface area contributed by atoms with E-state index >= 15 is 0 Å². The summed E-state index contributed by atoms with van der Waals surface area (Å²) in [5.74, 6) is 0.373. The van der Waals surface area contributed by atoms with Gasteiger partial charge in [-0.3, -0.25) is 4.48 Å². The molecule has 0 aromatic carbocycles. The van der Waals surface area contributed by atoms with Gasteiger partial charge in [0.2, 0.25) is 0 Å². The summed E-state index contributed by atoms with van der Waals surface area (Å²) in [6.45, 7) is 8.01. The number of quaternary nitrogens is 1. The van der Waals surface area contributed by atoms with E-state index in [4.69, 9.17) is 0 Å². The minimum atomic E-state index is 0.373. The zero-order chi connectivity index (χ0) is 8.91. The molecule has 0 spiro atoms. The van der Waals surface area contributed by atoms with Gasteiger partial charge in [0.25, 0.3) is 0 Å². The lowest BCUT2D eigenvalue weighted by molar-refractivity contribution is -0.831. The Kier molecular flexibility index (Phi) is 4.34. The zero-order valence-corrected chi connectivity index (χ0v) is 8.18. The van der Waals surface area contributed by atoms with Gasteiger partial charge < -0.3 is 0 Å². The van der Waals surface area contributed by atoms with Crippen molar-refractivity contribution in [1.29, 1.82) is 0 Å². The molecule has 2 heteroatoms. The molecule has 0 saturated heterocycles. The fourth-order valence-corrected chi connectivity index (χ4v) is 1.06. The van der Waals surface area contributed by atoms with Gasteiger partial charge in [0, 0.05) is 0 Å². The molecule has 0 N–H and O–H groups in total. The van der Waals surface area contributed by atoms with Crippen molar-refractivity contribution in [1.82, 2.24) is 0 Å². The second-order valence-corrected chi connectivity index (χ2v) is 3.17. The van der Waals surface area contributed by atoms with Crippen LogP contribution in [-0.4, -0.2) is 30.5 Å². The number of nitrogens with zero attached hydrogens (tertiary/aromatic N) is 1. The van der Waals surface area contributed by atoms with Crippen LogP contribution in [0.3, 0.4) is 0 Å². The summed E-state index contributed by atoms with van der Waals surface area (Å²) >= 11 is 0. The predicted octanol–water partition coefficient (Wildman–Crippen LogP) is 1.80. The van der Waals surface area contributed by atoms with Crippen LogP contribution in [0.4, 0.5) is 0 Å². The van der Waals surface area contributed by atoms with Crippen molar-refractivity contribution in [2.45, 2.75) is 33.6 Å². The molecular weight excluding hydrogens is 138 g/mol. The van der Waals surface area contributed by atoms with E-state index in [9.17, 15) is 4.79 Å². The molecule has 11 heavy (non-hydrogen) atoms. The molecule has 0 fully saturated rings. The Labute approximate surface area is 69.8 Å². The number of carbonyl (C=O) groups excluding carboxylic acids is 1. The number of rotatable bonds is 4. The van der Waals surface area contributed by atoms with Crippen molar-refractivity contribution in [3.8, 4) is 0 Å². The normalized spacial score (nSPS) is 11.6. The van der Waals surface area contributed by atoms with Crippen LogP contribution in [0, 0.1) is 0 Å². The van der Waals surface area contributed by atoms with Gasteiger partial charge in [-0.25, -0.2) is 4.79 Å². The van der Waals surface area contributed by atoms with Crippen LogP contribution in [-0.2, 0) is 4.79 Å². The highest BCUT2D eigenvalue weighted by Crippen LogP contribution is 2.06. The van der Waals surface area contributed by atoms with E-state index in [1.54, 1.807) is 0 Å². The third-order valence-electron chi connectivity index (χ3n) is 2.46. The van der Waals surface area contributed by atoms with Gasteiger partial charge >= 0.3 is 5.91 Å². The van der Waals surface area contributed by atoms with Crippen molar-refractivity contribution in [2.75, 3.05) is 20.1 Å². The number of carbonyl (C=O) groups is 1. The van der Waals surface area contributed by atoms with Crippen LogP contribution < -0.4 is 0 Å². The monoisotopic (exact) mass is 158 g/mol. The second-order valence-electron chi connectivity index (χ2n) is 3.17. The topological polar surface area (TPSA) is 17.1 Å². The Morgan fingerprint density at radius 2 is 1.64 bits per heavy atom. The minimum Gasteiger partial charge on any atom is -0.263 e. The second kappa shape index (κ2) is 4.50.